The average molecular weight is 411 g/mol. The summed E-state index contributed by atoms with van der Waals surface area (Å²) in [6.45, 7) is 5.89. The van der Waals surface area contributed by atoms with Crippen LogP contribution in [0.5, 0.6) is 0 Å². The molecule has 1 unspecified atom stereocenters. The molecule has 2 aromatic carbocycles. The molecule has 0 aliphatic carbocycles. The third-order valence-electron chi connectivity index (χ3n) is 4.61. The fourth-order valence-corrected chi connectivity index (χ4v) is 3.01. The average Bonchev–Trinajstić information content (AvgIpc) is 2.70. The third kappa shape index (κ3) is 7.33. The number of nitrogens with one attached hydrogen (secondary N) is 3. The molecule has 160 valence electrons. The van der Waals surface area contributed by atoms with Crippen molar-refractivity contribution < 1.29 is 14.4 Å². The maximum Gasteiger partial charge on any atom is 0.323 e. The van der Waals surface area contributed by atoms with Crippen LogP contribution in [0.15, 0.2) is 48.5 Å². The number of aldehydes is 1. The molecule has 0 aliphatic heterocycles. The number of rotatable bonds is 9. The maximum atomic E-state index is 12.3. The highest BCUT2D eigenvalue weighted by Gasteiger charge is 2.19. The molecule has 0 saturated carbocycles. The van der Waals surface area contributed by atoms with E-state index in [-0.39, 0.29) is 11.9 Å². The molecule has 0 fully saturated rings. The van der Waals surface area contributed by atoms with Crippen molar-refractivity contribution in [2.24, 2.45) is 11.7 Å². The Kier molecular flexibility index (Phi) is 8.55. The fourth-order valence-electron chi connectivity index (χ4n) is 3.01. The Balaban J connectivity index is 1.87. The summed E-state index contributed by atoms with van der Waals surface area (Å²) in [7, 11) is 0. The number of nitrogens with two attached hydrogens (primary N) is 1. The highest BCUT2D eigenvalue weighted by Crippen LogP contribution is 2.15. The fraction of sp³-hybridized carbons (Fsp3) is 0.348. The van der Waals surface area contributed by atoms with Gasteiger partial charge >= 0.3 is 6.03 Å². The van der Waals surface area contributed by atoms with E-state index in [1.807, 2.05) is 57.2 Å². The van der Waals surface area contributed by atoms with Crippen molar-refractivity contribution in [3.63, 3.8) is 0 Å². The molecular weight excluding hydrogens is 380 g/mol. The number of amides is 3. The Hall–Kier alpha value is -3.19. The van der Waals surface area contributed by atoms with Crippen LogP contribution in [0.4, 0.5) is 16.2 Å². The molecule has 0 heterocycles. The van der Waals surface area contributed by atoms with Crippen molar-refractivity contribution in [3.05, 3.63) is 59.7 Å². The summed E-state index contributed by atoms with van der Waals surface area (Å²) >= 11 is 0. The van der Waals surface area contributed by atoms with Crippen LogP contribution in [0.3, 0.4) is 0 Å². The van der Waals surface area contributed by atoms with Crippen LogP contribution in [0.25, 0.3) is 0 Å². The van der Waals surface area contributed by atoms with Gasteiger partial charge in [0.25, 0.3) is 0 Å². The quantitative estimate of drug-likeness (QED) is 0.475. The van der Waals surface area contributed by atoms with Crippen LogP contribution >= 0.6 is 0 Å². The van der Waals surface area contributed by atoms with Crippen LogP contribution in [-0.2, 0) is 16.0 Å². The van der Waals surface area contributed by atoms with Gasteiger partial charge in [-0.05, 0) is 55.0 Å². The Morgan fingerprint density at radius 1 is 1.03 bits per heavy atom. The highest BCUT2D eigenvalue weighted by atomic mass is 16.2. The lowest BCUT2D eigenvalue weighted by Gasteiger charge is -2.18. The third-order valence-corrected chi connectivity index (χ3v) is 4.61. The summed E-state index contributed by atoms with van der Waals surface area (Å²) in [6, 6.07) is 13.0. The number of para-hydroxylation sites is 1. The Labute approximate surface area is 177 Å². The van der Waals surface area contributed by atoms with E-state index in [2.05, 4.69) is 16.0 Å². The smallest absolute Gasteiger partial charge is 0.323 e. The van der Waals surface area contributed by atoms with Gasteiger partial charge in [0.2, 0.25) is 5.91 Å². The molecule has 2 rings (SSSR count). The molecule has 0 aliphatic rings. The number of benzene rings is 2. The van der Waals surface area contributed by atoms with Gasteiger partial charge in [0.15, 0.2) is 0 Å². The zero-order valence-electron chi connectivity index (χ0n) is 17.6. The lowest BCUT2D eigenvalue weighted by molar-refractivity contribution is -0.125. The van der Waals surface area contributed by atoms with Crippen LogP contribution in [-0.4, -0.2) is 30.3 Å². The molecule has 0 aromatic heterocycles. The van der Waals surface area contributed by atoms with Gasteiger partial charge in [-0.15, -0.1) is 0 Å². The van der Waals surface area contributed by atoms with Crippen molar-refractivity contribution in [1.82, 2.24) is 5.32 Å². The van der Waals surface area contributed by atoms with Gasteiger partial charge < -0.3 is 26.5 Å². The minimum absolute atomic E-state index is 0.291. The molecule has 5 N–H and O–H groups in total. The maximum absolute atomic E-state index is 12.3. The van der Waals surface area contributed by atoms with Crippen LogP contribution in [0.1, 0.15) is 31.4 Å². The second-order valence-corrected chi connectivity index (χ2v) is 7.78. The minimum Gasteiger partial charge on any atom is -0.345 e. The Morgan fingerprint density at radius 3 is 2.30 bits per heavy atom. The van der Waals surface area contributed by atoms with E-state index in [0.29, 0.717) is 24.4 Å². The summed E-state index contributed by atoms with van der Waals surface area (Å²) in [6.07, 6.45) is 1.65. The van der Waals surface area contributed by atoms with E-state index < -0.39 is 12.1 Å². The molecule has 2 atom stereocenters. The summed E-state index contributed by atoms with van der Waals surface area (Å²) in [5.41, 5.74) is 9.19. The number of hydrogen-bond donors (Lipinski definition) is 4. The van der Waals surface area contributed by atoms with Gasteiger partial charge in [0.1, 0.15) is 6.29 Å². The van der Waals surface area contributed by atoms with E-state index >= 15 is 0 Å². The zero-order chi connectivity index (χ0) is 22.1. The lowest BCUT2D eigenvalue weighted by atomic mass is 10.0. The second-order valence-electron chi connectivity index (χ2n) is 7.78. The van der Waals surface area contributed by atoms with Crippen molar-refractivity contribution in [1.29, 1.82) is 0 Å². The predicted molar refractivity (Wildman–Crippen MR) is 119 cm³/mol. The molecule has 7 heteroatoms. The molecule has 30 heavy (non-hydrogen) atoms. The van der Waals surface area contributed by atoms with E-state index in [0.717, 1.165) is 23.1 Å². The van der Waals surface area contributed by atoms with E-state index in [1.54, 1.807) is 12.1 Å². The minimum atomic E-state index is -0.761. The summed E-state index contributed by atoms with van der Waals surface area (Å²) in [4.78, 5) is 35.5. The van der Waals surface area contributed by atoms with E-state index in [9.17, 15) is 14.4 Å². The molecule has 0 spiro atoms. The summed E-state index contributed by atoms with van der Waals surface area (Å²) in [5.74, 6) is -0.0627. The summed E-state index contributed by atoms with van der Waals surface area (Å²) < 4.78 is 0. The van der Waals surface area contributed by atoms with Gasteiger partial charge in [-0.25, -0.2) is 4.79 Å². The molecule has 7 nitrogen and oxygen atoms in total. The number of hydrogen-bond acceptors (Lipinski definition) is 4. The molecular formula is C23H30N4O3. The van der Waals surface area contributed by atoms with Crippen molar-refractivity contribution in [2.45, 2.75) is 45.7 Å². The number of aryl methyl sites for hydroxylation is 1. The van der Waals surface area contributed by atoms with Crippen LogP contribution in [0, 0.1) is 12.8 Å². The van der Waals surface area contributed by atoms with Gasteiger partial charge in [0, 0.05) is 11.4 Å². The first-order chi connectivity index (χ1) is 14.3. The topological polar surface area (TPSA) is 113 Å². The molecule has 3 amide bonds. The molecule has 2 aromatic rings. The first kappa shape index (κ1) is 23.1. The normalized spacial score (nSPS) is 12.7. The van der Waals surface area contributed by atoms with Gasteiger partial charge in [-0.3, -0.25) is 4.79 Å². The number of anilines is 2. The predicted octanol–water partition coefficient (Wildman–Crippen LogP) is 3.24. The largest absolute Gasteiger partial charge is 0.345 e. The van der Waals surface area contributed by atoms with Gasteiger partial charge in [-0.2, -0.15) is 0 Å². The SMILES string of the molecule is Cc1ccccc1NC(=O)Nc1ccc(C[C@H](N)C(=O)NC(C=O)CC(C)C)cc1. The molecule has 0 bridgehead atoms. The standard InChI is InChI=1S/C23H30N4O3/c1-15(2)12-19(14-28)25-22(29)20(24)13-17-8-10-18(11-9-17)26-23(30)27-21-7-5-4-6-16(21)3/h4-11,14-15,19-20H,12-13,24H2,1-3H3,(H,25,29)(H2,26,27,30)/t19?,20-/m0/s1. The van der Waals surface area contributed by atoms with Gasteiger partial charge in [0.05, 0.1) is 12.1 Å². The van der Waals surface area contributed by atoms with Crippen LogP contribution in [0.2, 0.25) is 0 Å². The van der Waals surface area contributed by atoms with E-state index in [1.165, 1.54) is 0 Å². The lowest BCUT2D eigenvalue weighted by Crippen LogP contribution is -2.47. The first-order valence-corrected chi connectivity index (χ1v) is 10.0. The Morgan fingerprint density at radius 2 is 1.70 bits per heavy atom. The van der Waals surface area contributed by atoms with Crippen molar-refractivity contribution in [2.75, 3.05) is 10.6 Å². The number of carbonyl (C=O) groups excluding carboxylic acids is 3. The molecule has 0 radical (unpaired) electrons. The first-order valence-electron chi connectivity index (χ1n) is 10.0. The highest BCUT2D eigenvalue weighted by molar-refractivity contribution is 6.00. The van der Waals surface area contributed by atoms with Crippen molar-refractivity contribution in [3.8, 4) is 0 Å². The Bertz CT molecular complexity index is 865. The summed E-state index contributed by atoms with van der Waals surface area (Å²) in [5, 5.41) is 8.27. The van der Waals surface area contributed by atoms with E-state index in [4.69, 9.17) is 5.73 Å². The van der Waals surface area contributed by atoms with Gasteiger partial charge in [-0.1, -0.05) is 44.2 Å². The molecule has 0 saturated heterocycles. The van der Waals surface area contributed by atoms with Crippen molar-refractivity contribution >= 4 is 29.6 Å². The number of urea groups is 1. The number of carbonyl (C=O) groups is 3. The van der Waals surface area contributed by atoms with Crippen LogP contribution < -0.4 is 21.7 Å². The monoisotopic (exact) mass is 410 g/mol. The second kappa shape index (κ2) is 11.1. The zero-order valence-corrected chi connectivity index (χ0v) is 17.6.